The second-order valence-corrected chi connectivity index (χ2v) is 7.51. The fourth-order valence-electron chi connectivity index (χ4n) is 4.42. The summed E-state index contributed by atoms with van der Waals surface area (Å²) in [5.41, 5.74) is 7.46. The van der Waals surface area contributed by atoms with Crippen LogP contribution in [-0.4, -0.2) is 60.6 Å². The van der Waals surface area contributed by atoms with Crippen LogP contribution in [0.25, 0.3) is 0 Å². The van der Waals surface area contributed by atoms with Gasteiger partial charge in [-0.3, -0.25) is 9.69 Å². The molecule has 2 aliphatic rings. The van der Waals surface area contributed by atoms with E-state index >= 15 is 0 Å². The van der Waals surface area contributed by atoms with Crippen LogP contribution in [0, 0.1) is 0 Å². The lowest BCUT2D eigenvalue weighted by Crippen LogP contribution is -2.65. The van der Waals surface area contributed by atoms with Crippen molar-refractivity contribution in [3.8, 4) is 0 Å². The molecule has 5 nitrogen and oxygen atoms in total. The molecule has 2 fully saturated rings. The highest BCUT2D eigenvalue weighted by Gasteiger charge is 2.43. The summed E-state index contributed by atoms with van der Waals surface area (Å²) in [4.78, 5) is 17.3. The molecule has 154 valence electrons. The number of methoxy groups -OCH3 is 1. The topological polar surface area (TPSA) is 58.8 Å². The molecule has 0 bridgehead atoms. The van der Waals surface area contributed by atoms with Crippen LogP contribution in [0.1, 0.15) is 37.7 Å². The molecule has 0 radical (unpaired) electrons. The summed E-state index contributed by atoms with van der Waals surface area (Å²) in [7, 11) is 1.59. The number of nitrogens with zero attached hydrogens (tertiary/aromatic N) is 2. The van der Waals surface area contributed by atoms with E-state index in [0.717, 1.165) is 26.2 Å². The van der Waals surface area contributed by atoms with Crippen LogP contribution in [-0.2, 0) is 16.1 Å². The van der Waals surface area contributed by atoms with Crippen LogP contribution in [0.3, 0.4) is 0 Å². The summed E-state index contributed by atoms with van der Waals surface area (Å²) in [6.45, 7) is 3.73. The zero-order valence-corrected chi connectivity index (χ0v) is 17.8. The van der Waals surface area contributed by atoms with Gasteiger partial charge in [0, 0.05) is 38.8 Å². The van der Waals surface area contributed by atoms with Gasteiger partial charge in [-0.1, -0.05) is 49.6 Å². The van der Waals surface area contributed by atoms with E-state index < -0.39 is 6.04 Å². The predicted molar refractivity (Wildman–Crippen MR) is 114 cm³/mol. The van der Waals surface area contributed by atoms with Crippen LogP contribution in [0.4, 0.5) is 0 Å². The summed E-state index contributed by atoms with van der Waals surface area (Å²) in [6, 6.07) is 10.1. The van der Waals surface area contributed by atoms with E-state index in [2.05, 4.69) is 35.2 Å². The minimum absolute atomic E-state index is 0. The summed E-state index contributed by atoms with van der Waals surface area (Å²) in [6.07, 6.45) is 6.14. The van der Waals surface area contributed by atoms with Gasteiger partial charge in [-0.2, -0.15) is 0 Å². The predicted octanol–water partition coefficient (Wildman–Crippen LogP) is 2.85. The number of rotatable bonds is 5. The number of piperazine rings is 1. The van der Waals surface area contributed by atoms with E-state index in [4.69, 9.17) is 10.5 Å². The minimum atomic E-state index is -0.550. The molecule has 2 N–H and O–H groups in total. The van der Waals surface area contributed by atoms with Crippen LogP contribution < -0.4 is 5.73 Å². The Morgan fingerprint density at radius 3 is 2.44 bits per heavy atom. The molecule has 1 aliphatic heterocycles. The smallest absolute Gasteiger partial charge is 0.241 e. The number of hydrogen-bond donors (Lipinski definition) is 1. The summed E-state index contributed by atoms with van der Waals surface area (Å²) in [5, 5.41) is 0. The normalized spacial score (nSPS) is 20.4. The first-order valence-electron chi connectivity index (χ1n) is 9.47. The molecule has 1 aromatic carbocycles. The first kappa shape index (κ1) is 24.2. The molecule has 1 saturated heterocycles. The Bertz CT molecular complexity index is 568. The van der Waals surface area contributed by atoms with Gasteiger partial charge in [0.25, 0.3) is 0 Å². The maximum atomic E-state index is 12.7. The van der Waals surface area contributed by atoms with Gasteiger partial charge in [0.15, 0.2) is 0 Å². The van der Waals surface area contributed by atoms with Crippen molar-refractivity contribution in [2.75, 3.05) is 33.4 Å². The first-order chi connectivity index (χ1) is 12.1. The highest BCUT2D eigenvalue weighted by atomic mass is 35.5. The number of nitrogens with two attached hydrogens (primary N) is 1. The lowest BCUT2D eigenvalue weighted by atomic mass is 9.78. The third-order valence-corrected chi connectivity index (χ3v) is 5.77. The van der Waals surface area contributed by atoms with E-state index in [9.17, 15) is 4.79 Å². The first-order valence-corrected chi connectivity index (χ1v) is 9.47. The molecule has 27 heavy (non-hydrogen) atoms. The Morgan fingerprint density at radius 1 is 1.15 bits per heavy atom. The van der Waals surface area contributed by atoms with Crippen molar-refractivity contribution in [2.24, 2.45) is 5.73 Å². The molecule has 1 aromatic rings. The number of halogens is 2. The van der Waals surface area contributed by atoms with Gasteiger partial charge >= 0.3 is 0 Å². The molecule has 1 atom stereocenters. The number of amides is 1. The van der Waals surface area contributed by atoms with Gasteiger partial charge in [-0.05, 0) is 18.4 Å². The standard InChI is InChI=1S/C20H31N3O2.2ClH/c1-25-15-18(21)19(24)22-12-13-23(14-17-8-4-2-5-9-17)20(16-22)10-6-3-7-11-20;;/h2,4-5,8-9,18H,3,6-7,10-16,21H2,1H3;2*1H. The highest BCUT2D eigenvalue weighted by Crippen LogP contribution is 2.37. The maximum Gasteiger partial charge on any atom is 0.241 e. The number of benzene rings is 1. The van der Waals surface area contributed by atoms with Gasteiger partial charge in [-0.25, -0.2) is 0 Å². The zero-order valence-electron chi connectivity index (χ0n) is 16.1. The van der Waals surface area contributed by atoms with E-state index in [1.807, 2.05) is 4.90 Å². The molecule has 3 rings (SSSR count). The van der Waals surface area contributed by atoms with E-state index in [0.29, 0.717) is 0 Å². The lowest BCUT2D eigenvalue weighted by molar-refractivity contribution is -0.141. The van der Waals surface area contributed by atoms with Crippen LogP contribution in [0.5, 0.6) is 0 Å². The molecular weight excluding hydrogens is 385 g/mol. The molecule has 1 spiro atoms. The summed E-state index contributed by atoms with van der Waals surface area (Å²) >= 11 is 0. The van der Waals surface area contributed by atoms with E-state index in [1.54, 1.807) is 7.11 Å². The van der Waals surface area contributed by atoms with Crippen molar-refractivity contribution in [3.05, 3.63) is 35.9 Å². The second-order valence-electron chi connectivity index (χ2n) is 7.51. The van der Waals surface area contributed by atoms with Gasteiger partial charge < -0.3 is 15.4 Å². The highest BCUT2D eigenvalue weighted by molar-refractivity contribution is 5.85. The minimum Gasteiger partial charge on any atom is -0.383 e. The van der Waals surface area contributed by atoms with Crippen molar-refractivity contribution in [1.29, 1.82) is 0 Å². The van der Waals surface area contributed by atoms with Crippen molar-refractivity contribution in [2.45, 2.75) is 50.2 Å². The Balaban J connectivity index is 0.00000182. The molecule has 1 amide bonds. The molecule has 0 aromatic heterocycles. The Kier molecular flexibility index (Phi) is 10.1. The number of carbonyl (C=O) groups is 1. The molecule has 7 heteroatoms. The van der Waals surface area contributed by atoms with Crippen molar-refractivity contribution >= 4 is 30.7 Å². The largest absolute Gasteiger partial charge is 0.383 e. The molecule has 1 unspecified atom stereocenters. The fraction of sp³-hybridized carbons (Fsp3) is 0.650. The van der Waals surface area contributed by atoms with Gasteiger partial charge in [0.1, 0.15) is 6.04 Å². The second kappa shape index (κ2) is 11.2. The zero-order chi connectivity index (χ0) is 17.7. The maximum absolute atomic E-state index is 12.7. The average molecular weight is 418 g/mol. The molecule has 1 aliphatic carbocycles. The Labute approximate surface area is 175 Å². The van der Waals surface area contributed by atoms with Crippen LogP contribution in [0.15, 0.2) is 30.3 Å². The average Bonchev–Trinajstić information content (AvgIpc) is 2.65. The number of ether oxygens (including phenoxy) is 1. The third kappa shape index (κ3) is 5.81. The van der Waals surface area contributed by atoms with Crippen molar-refractivity contribution in [3.63, 3.8) is 0 Å². The molecule has 1 saturated carbocycles. The SMILES string of the molecule is COCC(N)C(=O)N1CCN(Cc2ccccc2)C2(CCCCC2)C1.Cl.Cl. The Hall–Kier alpha value is -0.850. The number of carbonyl (C=O) groups excluding carboxylic acids is 1. The van der Waals surface area contributed by atoms with Gasteiger partial charge in [0.2, 0.25) is 5.91 Å². The van der Waals surface area contributed by atoms with E-state index in [-0.39, 0.29) is 42.9 Å². The molecule has 1 heterocycles. The van der Waals surface area contributed by atoms with Crippen LogP contribution >= 0.6 is 24.8 Å². The quantitative estimate of drug-likeness (QED) is 0.799. The summed E-state index contributed by atoms with van der Waals surface area (Å²) < 4.78 is 5.07. The monoisotopic (exact) mass is 417 g/mol. The van der Waals surface area contributed by atoms with Crippen molar-refractivity contribution < 1.29 is 9.53 Å². The van der Waals surface area contributed by atoms with Gasteiger partial charge in [-0.15, -0.1) is 24.8 Å². The van der Waals surface area contributed by atoms with Crippen LogP contribution in [0.2, 0.25) is 0 Å². The third-order valence-electron chi connectivity index (χ3n) is 5.77. The van der Waals surface area contributed by atoms with Crippen molar-refractivity contribution in [1.82, 2.24) is 9.80 Å². The van der Waals surface area contributed by atoms with Gasteiger partial charge in [0.05, 0.1) is 6.61 Å². The summed E-state index contributed by atoms with van der Waals surface area (Å²) in [5.74, 6) is 0.0335. The fourth-order valence-corrected chi connectivity index (χ4v) is 4.42. The lowest BCUT2D eigenvalue weighted by Gasteiger charge is -2.53. The Morgan fingerprint density at radius 2 is 1.81 bits per heavy atom. The molecular formula is C20H33Cl2N3O2. The number of hydrogen-bond acceptors (Lipinski definition) is 4. The van der Waals surface area contributed by atoms with E-state index in [1.165, 1.54) is 37.7 Å².